The molecule has 2 saturated carbocycles. The SMILES string of the molecule is O=C1OCc2cc(c3ccccc3c2)COC(=O)[C@]2(N=C(c3ccccc3)c3ccccc3)C34c5c6c7c8c9c5c5c3c3c%10c%11c%12c%13c(c6c6c7c7c%14c%15c%16c%17c%18c(c9c9c5c5c3c3c%10c%10c%12c%12c%19c%13c6c%14c%19c6c%15c%13c%17c%14c%18c9c5c5c%14c9c%13c6c%12c%10c9c35)C83C7%16[C@@]13N=C(c1ccccc1)c1ccccc1)C%1142. The molecule has 30 aromatic rings. The molecule has 6 nitrogen and oxygen atoms in total. The summed E-state index contributed by atoms with van der Waals surface area (Å²) in [5.74, 6) is -0.547. The van der Waals surface area contributed by atoms with Gasteiger partial charge >= 0.3 is 11.9 Å². The standard InChI is InChI=1S/C102H30N2O4/c105-95-101(103-93(30-15-5-1-6-16-30)31-17-7-2-8-18-31)97-85-69-58-47-40-41-45-38-37-42-39-43(38)54-63-52(45)59-48(41)50-49(47)60-57-61(50)72-70(59)86-74(63)76-65(54)56-46(39)55-64-53(42)62(51(58)44(37)40)73(85)75(64)87-77-66(55)67(56)78-82-81(77)91(99(87,97)101)83-79(89(97)71(60)69)68(57)80-84(83)92(82)100(88(76)78)98(86,90(72)80)102(100,104-94(32-19-9-3-10-20-32)33-21-11-4-12-22-33)96(106)108-28-35-26-29(27-107-95)25-34-23-13-14-24-36(34)35/h1-26H,27-28H2/t97?,98?,99?,100?,101-,102+/m0/s1. The fourth-order valence-corrected chi connectivity index (χ4v) is 33.1. The largest absolute Gasteiger partial charge is 0.459 e. The molecule has 12 aliphatic rings. The Morgan fingerprint density at radius 2 is 0.454 bits per heavy atom. The molecule has 108 heavy (non-hydrogen) atoms. The molecule has 472 valence electrons. The van der Waals surface area contributed by atoms with E-state index in [1.807, 2.05) is 0 Å². The molecule has 0 N–H and O–H groups in total. The molecule has 0 saturated heterocycles. The number of hydrogen-bond acceptors (Lipinski definition) is 6. The number of hydrogen-bond donors (Lipinski definition) is 0. The van der Waals surface area contributed by atoms with Gasteiger partial charge in [-0.3, -0.25) is 9.98 Å². The van der Waals surface area contributed by atoms with Crippen molar-refractivity contribution in [2.45, 2.75) is 46.0 Å². The quantitative estimate of drug-likeness (QED) is 0.0944. The lowest BCUT2D eigenvalue weighted by Crippen LogP contribution is -2.36. The van der Waals surface area contributed by atoms with Gasteiger partial charge in [0.2, 0.25) is 0 Å². The minimum absolute atomic E-state index is 0.0150. The summed E-state index contributed by atoms with van der Waals surface area (Å²) < 4.78 is 15.6. The van der Waals surface area contributed by atoms with Crippen LogP contribution in [0.3, 0.4) is 0 Å². The first-order chi connectivity index (χ1) is 53.6. The number of nitrogens with zero attached hydrogens (tertiary/aromatic N) is 2. The number of benzene rings is 22. The van der Waals surface area contributed by atoms with Gasteiger partial charge in [-0.2, -0.15) is 0 Å². The Morgan fingerprint density at radius 1 is 0.241 bits per heavy atom. The maximum Gasteiger partial charge on any atom is 0.337 e. The van der Waals surface area contributed by atoms with Gasteiger partial charge in [0, 0.05) is 22.3 Å². The first kappa shape index (κ1) is 46.4. The van der Waals surface area contributed by atoms with Crippen molar-refractivity contribution in [3.8, 4) is 0 Å². The van der Waals surface area contributed by atoms with Gasteiger partial charge in [0.25, 0.3) is 0 Å². The first-order valence-electron chi connectivity index (χ1n) is 38.9. The third kappa shape index (κ3) is 3.01. The molecule has 0 radical (unpaired) electrons. The second-order valence-corrected chi connectivity index (χ2v) is 35.9. The number of ether oxygens (including phenoxy) is 2. The van der Waals surface area contributed by atoms with Gasteiger partial charge in [0.15, 0.2) is 11.1 Å². The third-order valence-electron chi connectivity index (χ3n) is 34.2. The van der Waals surface area contributed by atoms with Crippen LogP contribution in [0.4, 0.5) is 0 Å². The Hall–Kier alpha value is -13.4. The fourth-order valence-electron chi connectivity index (χ4n) is 33.1. The summed E-state index contributed by atoms with van der Waals surface area (Å²) in [5, 5.41) is 69.5. The second kappa shape index (κ2) is 12.0. The molecule has 2 fully saturated rings. The van der Waals surface area contributed by atoms with Crippen LogP contribution in [0, 0.1) is 0 Å². The van der Waals surface area contributed by atoms with Crippen LogP contribution < -0.4 is 0 Å². The van der Waals surface area contributed by atoms with E-state index >= 15 is 9.59 Å². The number of fused-ring (bicyclic) bond motifs is 5. The third-order valence-corrected chi connectivity index (χ3v) is 34.2. The predicted octanol–water partition coefficient (Wildman–Crippen LogP) is 22.4. The Labute approximate surface area is 599 Å². The number of esters is 2. The summed E-state index contributed by atoms with van der Waals surface area (Å²) in [6, 6.07) is 56.4. The lowest BCUT2D eigenvalue weighted by atomic mass is 9.66. The van der Waals surface area contributed by atoms with Crippen molar-refractivity contribution in [3.05, 3.63) is 236 Å². The lowest BCUT2D eigenvalue weighted by molar-refractivity contribution is -0.149. The highest BCUT2D eigenvalue weighted by Crippen LogP contribution is 2.99. The Balaban J connectivity index is 0.880. The van der Waals surface area contributed by atoms with E-state index < -0.39 is 32.7 Å². The molecule has 10 aliphatic carbocycles. The molecule has 10 bridgehead atoms. The van der Waals surface area contributed by atoms with Crippen molar-refractivity contribution in [2.24, 2.45) is 9.98 Å². The average molecular weight is 1350 g/mol. The maximum absolute atomic E-state index is 19.0. The van der Waals surface area contributed by atoms with Crippen LogP contribution in [0.1, 0.15) is 77.9 Å². The molecule has 4 unspecified atom stereocenters. The van der Waals surface area contributed by atoms with Crippen LogP contribution in [0.15, 0.2) is 168 Å². The molecule has 4 spiro atoms. The molecule has 0 aromatic heterocycles. The van der Waals surface area contributed by atoms with Crippen molar-refractivity contribution in [3.63, 3.8) is 0 Å². The van der Waals surface area contributed by atoms with Gasteiger partial charge in [-0.25, -0.2) is 9.59 Å². The summed E-state index contributed by atoms with van der Waals surface area (Å²) >= 11 is 0. The maximum atomic E-state index is 19.0. The van der Waals surface area contributed by atoms with Crippen LogP contribution in [0.2, 0.25) is 0 Å². The summed E-state index contributed by atoms with van der Waals surface area (Å²) in [4.78, 5) is 51.8. The minimum Gasteiger partial charge on any atom is -0.459 e. The van der Waals surface area contributed by atoms with Gasteiger partial charge in [-0.05, 0) is 337 Å². The normalized spacial score (nSPS) is 25.2. The Morgan fingerprint density at radius 3 is 0.722 bits per heavy atom. The summed E-state index contributed by atoms with van der Waals surface area (Å²) in [7, 11) is 0. The van der Waals surface area contributed by atoms with Crippen molar-refractivity contribution in [1.29, 1.82) is 0 Å². The molecule has 2 heterocycles. The van der Waals surface area contributed by atoms with Crippen molar-refractivity contribution < 1.29 is 19.1 Å². The average Bonchev–Trinajstić information content (AvgIpc) is 1.34. The van der Waals surface area contributed by atoms with Gasteiger partial charge < -0.3 is 9.47 Å². The highest BCUT2D eigenvalue weighted by Gasteiger charge is 3.02. The zero-order valence-electron chi connectivity index (χ0n) is 56.0. The number of rotatable bonds is 6. The fraction of sp³-hybridized carbons (Fsp3) is 0.0784. The smallest absolute Gasteiger partial charge is 0.337 e. The Bertz CT molecular complexity index is 9950. The van der Waals surface area contributed by atoms with Gasteiger partial charge in [0.1, 0.15) is 13.2 Å². The summed E-state index contributed by atoms with van der Waals surface area (Å²) in [6.07, 6.45) is 0. The monoisotopic (exact) mass is 1350 g/mol. The molecule has 0 amide bonds. The van der Waals surface area contributed by atoms with E-state index in [2.05, 4.69) is 158 Å². The van der Waals surface area contributed by atoms with Crippen LogP contribution >= 0.6 is 0 Å². The topological polar surface area (TPSA) is 77.3 Å². The first-order valence-corrected chi connectivity index (χ1v) is 38.9. The zero-order valence-corrected chi connectivity index (χ0v) is 56.0. The molecule has 30 aromatic carbocycles. The van der Waals surface area contributed by atoms with Crippen LogP contribution in [0.5, 0.6) is 0 Å². The van der Waals surface area contributed by atoms with Gasteiger partial charge in [0.05, 0.1) is 33.1 Å². The summed E-state index contributed by atoms with van der Waals surface area (Å²) in [5.41, 5.74) is 10.00. The number of carbonyl (C=O) groups is 2. The highest BCUT2D eigenvalue weighted by atomic mass is 16.5. The van der Waals surface area contributed by atoms with E-state index in [-0.39, 0.29) is 25.2 Å². The molecular weight excluding hydrogens is 1320 g/mol. The van der Waals surface area contributed by atoms with E-state index in [1.165, 1.54) is 303 Å². The molecular formula is C102H30N2O4. The zero-order chi connectivity index (χ0) is 66.9. The van der Waals surface area contributed by atoms with Crippen LogP contribution in [-0.2, 0) is 53.9 Å². The minimum atomic E-state index is -1.64. The van der Waals surface area contributed by atoms with Crippen molar-refractivity contribution in [2.75, 3.05) is 0 Å². The van der Waals surface area contributed by atoms with Gasteiger partial charge in [-0.1, -0.05) is 146 Å². The summed E-state index contributed by atoms with van der Waals surface area (Å²) in [6.45, 7) is -0.0334. The predicted molar refractivity (Wildman–Crippen MR) is 433 cm³/mol. The number of carbonyl (C=O) groups excluding carboxylic acids is 2. The number of aliphatic imine (C=N–C) groups is 2. The lowest BCUT2D eigenvalue weighted by Gasteiger charge is -2.33. The van der Waals surface area contributed by atoms with E-state index in [9.17, 15) is 0 Å². The van der Waals surface area contributed by atoms with Crippen molar-refractivity contribution >= 4 is 293 Å². The van der Waals surface area contributed by atoms with E-state index in [4.69, 9.17) is 19.5 Å². The molecule has 6 heteroatoms. The Kier molecular flexibility index (Phi) is 5.16. The van der Waals surface area contributed by atoms with E-state index in [1.54, 1.807) is 0 Å². The van der Waals surface area contributed by atoms with Crippen LogP contribution in [-0.4, -0.2) is 34.4 Å². The molecule has 2 aliphatic heterocycles. The second-order valence-electron chi connectivity index (χ2n) is 35.9. The van der Waals surface area contributed by atoms with E-state index in [0.717, 1.165) is 55.6 Å². The highest BCUT2D eigenvalue weighted by molar-refractivity contribution is 6.79. The molecule has 42 rings (SSSR count). The van der Waals surface area contributed by atoms with Gasteiger partial charge in [-0.15, -0.1) is 0 Å². The van der Waals surface area contributed by atoms with E-state index in [0.29, 0.717) is 0 Å². The van der Waals surface area contributed by atoms with Crippen LogP contribution in [0.25, 0.3) is 269 Å². The van der Waals surface area contributed by atoms with Crippen molar-refractivity contribution in [1.82, 2.24) is 0 Å². The molecule has 6 atom stereocenters.